The topological polar surface area (TPSA) is 57.7 Å². The Balaban J connectivity index is 2.10. The van der Waals surface area contributed by atoms with Gasteiger partial charge in [-0.2, -0.15) is 0 Å². The zero-order valence-electron chi connectivity index (χ0n) is 9.17. The minimum Gasteiger partial charge on any atom is -0.462 e. The molecule has 0 aromatic carbocycles. The summed E-state index contributed by atoms with van der Waals surface area (Å²) in [7, 11) is 0. The standard InChI is InChI=1S/C11H13NO4/c1-3-14-10(13)8-4-9(6-12-5-8)11-15-7(2)16-11/h4-7,11H,3H2,1-2H3. The van der Waals surface area contributed by atoms with Gasteiger partial charge >= 0.3 is 5.97 Å². The number of carbonyl (C=O) groups is 1. The van der Waals surface area contributed by atoms with E-state index in [1.807, 2.05) is 0 Å². The summed E-state index contributed by atoms with van der Waals surface area (Å²) in [6.45, 7) is 3.91. The first-order valence-corrected chi connectivity index (χ1v) is 5.13. The van der Waals surface area contributed by atoms with Gasteiger partial charge in [0.1, 0.15) is 0 Å². The van der Waals surface area contributed by atoms with Crippen LogP contribution >= 0.6 is 0 Å². The highest BCUT2D eigenvalue weighted by Gasteiger charge is 2.29. The van der Waals surface area contributed by atoms with Crippen LogP contribution in [0.15, 0.2) is 18.5 Å². The molecule has 0 spiro atoms. The van der Waals surface area contributed by atoms with Crippen LogP contribution in [-0.2, 0) is 14.2 Å². The highest BCUT2D eigenvalue weighted by atomic mass is 16.9. The van der Waals surface area contributed by atoms with Crippen molar-refractivity contribution in [1.82, 2.24) is 4.98 Å². The number of rotatable bonds is 3. The Morgan fingerprint density at radius 1 is 1.50 bits per heavy atom. The molecule has 0 atom stereocenters. The SMILES string of the molecule is CCOC(=O)c1cncc(C2OC(C)O2)c1. The number of hydrogen-bond acceptors (Lipinski definition) is 5. The average Bonchev–Trinajstić information content (AvgIpc) is 2.25. The largest absolute Gasteiger partial charge is 0.462 e. The van der Waals surface area contributed by atoms with Crippen molar-refractivity contribution in [2.24, 2.45) is 0 Å². The molecule has 1 fully saturated rings. The number of carbonyl (C=O) groups excluding carboxylic acids is 1. The monoisotopic (exact) mass is 223 g/mol. The predicted molar refractivity (Wildman–Crippen MR) is 54.6 cm³/mol. The summed E-state index contributed by atoms with van der Waals surface area (Å²) >= 11 is 0. The molecule has 0 aliphatic carbocycles. The molecule has 5 heteroatoms. The fraction of sp³-hybridized carbons (Fsp3) is 0.455. The van der Waals surface area contributed by atoms with Gasteiger partial charge in [0, 0.05) is 18.0 Å². The zero-order chi connectivity index (χ0) is 11.5. The average molecular weight is 223 g/mol. The summed E-state index contributed by atoms with van der Waals surface area (Å²) < 4.78 is 15.5. The zero-order valence-corrected chi connectivity index (χ0v) is 9.17. The molecular weight excluding hydrogens is 210 g/mol. The van der Waals surface area contributed by atoms with Crippen LogP contribution in [0.4, 0.5) is 0 Å². The van der Waals surface area contributed by atoms with E-state index in [1.54, 1.807) is 26.1 Å². The van der Waals surface area contributed by atoms with Gasteiger partial charge in [-0.05, 0) is 19.9 Å². The molecule has 0 radical (unpaired) electrons. The van der Waals surface area contributed by atoms with Crippen molar-refractivity contribution in [3.63, 3.8) is 0 Å². The smallest absolute Gasteiger partial charge is 0.339 e. The lowest BCUT2D eigenvalue weighted by molar-refractivity contribution is -0.382. The Morgan fingerprint density at radius 2 is 2.25 bits per heavy atom. The highest BCUT2D eigenvalue weighted by molar-refractivity contribution is 5.89. The Morgan fingerprint density at radius 3 is 2.88 bits per heavy atom. The molecule has 0 bridgehead atoms. The van der Waals surface area contributed by atoms with Gasteiger partial charge in [-0.3, -0.25) is 4.98 Å². The molecular formula is C11H13NO4. The van der Waals surface area contributed by atoms with Gasteiger partial charge in [0.05, 0.1) is 12.2 Å². The molecule has 0 unspecified atom stereocenters. The number of hydrogen-bond donors (Lipinski definition) is 0. The van der Waals surface area contributed by atoms with Gasteiger partial charge < -0.3 is 14.2 Å². The Kier molecular flexibility index (Phi) is 3.17. The summed E-state index contributed by atoms with van der Waals surface area (Å²) in [6.07, 6.45) is 2.45. The van der Waals surface area contributed by atoms with Crippen molar-refractivity contribution in [2.45, 2.75) is 26.4 Å². The lowest BCUT2D eigenvalue weighted by Gasteiger charge is -2.33. The van der Waals surface area contributed by atoms with E-state index in [9.17, 15) is 4.79 Å². The van der Waals surface area contributed by atoms with Crippen LogP contribution in [0.1, 0.15) is 36.1 Å². The molecule has 0 saturated carbocycles. The van der Waals surface area contributed by atoms with E-state index in [0.29, 0.717) is 12.2 Å². The first kappa shape index (κ1) is 11.0. The molecule has 16 heavy (non-hydrogen) atoms. The number of pyridine rings is 1. The van der Waals surface area contributed by atoms with E-state index in [0.717, 1.165) is 5.56 Å². The number of ether oxygens (including phenoxy) is 3. The summed E-state index contributed by atoms with van der Waals surface area (Å²) in [5.74, 6) is -0.385. The van der Waals surface area contributed by atoms with E-state index in [2.05, 4.69) is 4.98 Å². The van der Waals surface area contributed by atoms with Crippen LogP contribution in [0.5, 0.6) is 0 Å². The molecule has 0 amide bonds. The Labute approximate surface area is 93.3 Å². The third-order valence-corrected chi connectivity index (χ3v) is 2.17. The van der Waals surface area contributed by atoms with Crippen molar-refractivity contribution < 1.29 is 19.0 Å². The number of aromatic nitrogens is 1. The molecule has 1 aliphatic heterocycles. The van der Waals surface area contributed by atoms with E-state index in [4.69, 9.17) is 14.2 Å². The molecule has 5 nitrogen and oxygen atoms in total. The predicted octanol–water partition coefficient (Wildman–Crippen LogP) is 1.65. The van der Waals surface area contributed by atoms with Crippen molar-refractivity contribution in [3.05, 3.63) is 29.6 Å². The molecule has 1 aromatic rings. The molecule has 1 aromatic heterocycles. The van der Waals surface area contributed by atoms with Gasteiger partial charge in [-0.25, -0.2) is 4.79 Å². The fourth-order valence-electron chi connectivity index (χ4n) is 1.43. The van der Waals surface area contributed by atoms with Crippen LogP contribution < -0.4 is 0 Å². The third-order valence-electron chi connectivity index (χ3n) is 2.17. The van der Waals surface area contributed by atoms with Gasteiger partial charge in [-0.1, -0.05) is 0 Å². The van der Waals surface area contributed by atoms with Crippen molar-refractivity contribution in [3.8, 4) is 0 Å². The first-order chi connectivity index (χ1) is 7.70. The summed E-state index contributed by atoms with van der Waals surface area (Å²) in [5, 5.41) is 0. The summed E-state index contributed by atoms with van der Waals surface area (Å²) in [5.41, 5.74) is 1.13. The molecule has 0 N–H and O–H groups in total. The molecule has 2 heterocycles. The van der Waals surface area contributed by atoms with Gasteiger partial charge in [0.25, 0.3) is 0 Å². The maximum Gasteiger partial charge on any atom is 0.339 e. The third kappa shape index (κ3) is 2.20. The second-order valence-corrected chi connectivity index (χ2v) is 3.40. The fourth-order valence-corrected chi connectivity index (χ4v) is 1.43. The number of esters is 1. The van der Waals surface area contributed by atoms with Crippen molar-refractivity contribution in [1.29, 1.82) is 0 Å². The number of nitrogens with zero attached hydrogens (tertiary/aromatic N) is 1. The lowest BCUT2D eigenvalue weighted by Crippen LogP contribution is -2.31. The van der Waals surface area contributed by atoms with Crippen LogP contribution in [-0.4, -0.2) is 23.9 Å². The highest BCUT2D eigenvalue weighted by Crippen LogP contribution is 2.31. The first-order valence-electron chi connectivity index (χ1n) is 5.13. The normalized spacial score (nSPS) is 23.6. The van der Waals surface area contributed by atoms with Gasteiger partial charge in [-0.15, -0.1) is 0 Å². The minimum atomic E-state index is -0.420. The van der Waals surface area contributed by atoms with Crippen molar-refractivity contribution >= 4 is 5.97 Å². The van der Waals surface area contributed by atoms with E-state index in [1.165, 1.54) is 6.20 Å². The molecule has 1 saturated heterocycles. The van der Waals surface area contributed by atoms with Gasteiger partial charge in [0.2, 0.25) is 0 Å². The second-order valence-electron chi connectivity index (χ2n) is 3.40. The quantitative estimate of drug-likeness (QED) is 0.729. The Bertz CT molecular complexity index is 387. The maximum absolute atomic E-state index is 11.4. The lowest BCUT2D eigenvalue weighted by atomic mass is 10.2. The van der Waals surface area contributed by atoms with Crippen LogP contribution in [0, 0.1) is 0 Å². The van der Waals surface area contributed by atoms with Crippen molar-refractivity contribution in [2.75, 3.05) is 6.61 Å². The Hall–Kier alpha value is -1.46. The van der Waals surface area contributed by atoms with Crippen LogP contribution in [0.25, 0.3) is 0 Å². The van der Waals surface area contributed by atoms with E-state index >= 15 is 0 Å². The summed E-state index contributed by atoms with van der Waals surface area (Å²) in [6, 6.07) is 1.67. The summed E-state index contributed by atoms with van der Waals surface area (Å²) in [4.78, 5) is 15.4. The van der Waals surface area contributed by atoms with Crippen LogP contribution in [0.2, 0.25) is 0 Å². The minimum absolute atomic E-state index is 0.198. The molecule has 2 rings (SSSR count). The van der Waals surface area contributed by atoms with E-state index < -0.39 is 6.29 Å². The van der Waals surface area contributed by atoms with Crippen LogP contribution in [0.3, 0.4) is 0 Å². The van der Waals surface area contributed by atoms with E-state index in [-0.39, 0.29) is 12.3 Å². The van der Waals surface area contributed by atoms with Gasteiger partial charge in [0.15, 0.2) is 12.6 Å². The molecule has 1 aliphatic rings. The maximum atomic E-state index is 11.4. The molecule has 86 valence electrons. The second kappa shape index (κ2) is 4.59.